The van der Waals surface area contributed by atoms with Gasteiger partial charge in [0.2, 0.25) is 10.0 Å². The second-order valence-electron chi connectivity index (χ2n) is 7.23. The number of benzene rings is 3. The van der Waals surface area contributed by atoms with Crippen LogP contribution in [0.1, 0.15) is 20.7 Å². The predicted molar refractivity (Wildman–Crippen MR) is 126 cm³/mol. The number of amides is 2. The van der Waals surface area contributed by atoms with Gasteiger partial charge in [-0.15, -0.1) is 0 Å². The van der Waals surface area contributed by atoms with Gasteiger partial charge in [-0.3, -0.25) is 20.4 Å². The van der Waals surface area contributed by atoms with Gasteiger partial charge in [-0.25, -0.2) is 12.7 Å². The van der Waals surface area contributed by atoms with Gasteiger partial charge >= 0.3 is 0 Å². The summed E-state index contributed by atoms with van der Waals surface area (Å²) in [6, 6.07) is 21.4. The third-order valence-electron chi connectivity index (χ3n) is 4.65. The van der Waals surface area contributed by atoms with Crippen LogP contribution in [0.15, 0.2) is 83.8 Å². The van der Waals surface area contributed by atoms with Gasteiger partial charge in [0.1, 0.15) is 24.7 Å². The second-order valence-corrected chi connectivity index (χ2v) is 9.38. The Labute approximate surface area is 198 Å². The number of sulfonamides is 1. The summed E-state index contributed by atoms with van der Waals surface area (Å²) in [6.45, 7) is 0.488. The van der Waals surface area contributed by atoms with Gasteiger partial charge in [0.25, 0.3) is 11.8 Å². The van der Waals surface area contributed by atoms with Crippen molar-refractivity contribution in [1.29, 1.82) is 0 Å². The number of para-hydroxylation sites is 2. The smallest absolute Gasteiger partial charge is 0.273 e. The maximum absolute atomic E-state index is 12.6. The van der Waals surface area contributed by atoms with Crippen LogP contribution in [0.2, 0.25) is 0 Å². The third-order valence-corrected chi connectivity index (χ3v) is 6.46. The highest BCUT2D eigenvalue weighted by Gasteiger charge is 2.19. The van der Waals surface area contributed by atoms with Crippen molar-refractivity contribution in [3.8, 4) is 11.5 Å². The summed E-state index contributed by atoms with van der Waals surface area (Å²) in [7, 11) is -0.906. The first-order valence-corrected chi connectivity index (χ1v) is 11.8. The highest BCUT2D eigenvalue weighted by atomic mass is 32.2. The minimum atomic E-state index is -3.70. The van der Waals surface area contributed by atoms with E-state index in [2.05, 4.69) is 10.9 Å². The van der Waals surface area contributed by atoms with Crippen LogP contribution in [0.4, 0.5) is 0 Å². The Morgan fingerprint density at radius 3 is 2.18 bits per heavy atom. The molecule has 0 unspecified atom stereocenters. The Balaban J connectivity index is 1.58. The van der Waals surface area contributed by atoms with E-state index in [1.54, 1.807) is 24.3 Å². The third kappa shape index (κ3) is 6.33. The molecule has 0 heterocycles. The van der Waals surface area contributed by atoms with E-state index < -0.39 is 21.8 Å². The lowest BCUT2D eigenvalue weighted by Gasteiger charge is -2.14. The largest absolute Gasteiger partial charge is 0.490 e. The van der Waals surface area contributed by atoms with Crippen molar-refractivity contribution in [1.82, 2.24) is 15.2 Å². The van der Waals surface area contributed by atoms with E-state index in [0.29, 0.717) is 11.5 Å². The minimum Gasteiger partial charge on any atom is -0.490 e. The Morgan fingerprint density at radius 2 is 1.44 bits per heavy atom. The second kappa shape index (κ2) is 11.3. The standard InChI is InChI=1S/C24H25N3O6S/c1-27(2)34(30,31)20-12-8-9-18(17-20)23(28)25-26-24(29)21-13-6-7-14-22(21)33-16-15-32-19-10-4-3-5-11-19/h3-14,17H,15-16H2,1-2H3,(H,25,28)(H,26,29). The number of rotatable bonds is 9. The highest BCUT2D eigenvalue weighted by molar-refractivity contribution is 7.89. The van der Waals surface area contributed by atoms with Crippen LogP contribution >= 0.6 is 0 Å². The SMILES string of the molecule is CN(C)S(=O)(=O)c1cccc(C(=O)NNC(=O)c2ccccc2OCCOc2ccccc2)c1. The summed E-state index contributed by atoms with van der Waals surface area (Å²) in [4.78, 5) is 25.1. The molecule has 0 radical (unpaired) electrons. The van der Waals surface area contributed by atoms with Crippen LogP contribution in [0, 0.1) is 0 Å². The van der Waals surface area contributed by atoms with Crippen molar-refractivity contribution in [2.45, 2.75) is 4.90 Å². The van der Waals surface area contributed by atoms with E-state index in [1.165, 1.54) is 38.4 Å². The molecule has 34 heavy (non-hydrogen) atoms. The molecular weight excluding hydrogens is 458 g/mol. The fourth-order valence-corrected chi connectivity index (χ4v) is 3.82. The molecule has 0 saturated heterocycles. The van der Waals surface area contributed by atoms with E-state index in [9.17, 15) is 18.0 Å². The maximum Gasteiger partial charge on any atom is 0.273 e. The summed E-state index contributed by atoms with van der Waals surface area (Å²) in [6.07, 6.45) is 0. The molecule has 2 N–H and O–H groups in total. The van der Waals surface area contributed by atoms with Crippen molar-refractivity contribution in [2.75, 3.05) is 27.3 Å². The van der Waals surface area contributed by atoms with Crippen LogP contribution in [0.5, 0.6) is 11.5 Å². The molecule has 0 fully saturated rings. The number of hydrazine groups is 1. The van der Waals surface area contributed by atoms with Crippen molar-refractivity contribution in [2.24, 2.45) is 0 Å². The minimum absolute atomic E-state index is 0.0343. The molecule has 0 bridgehead atoms. The average molecular weight is 484 g/mol. The van der Waals surface area contributed by atoms with Crippen molar-refractivity contribution < 1.29 is 27.5 Å². The molecule has 3 rings (SSSR count). The number of ether oxygens (including phenoxy) is 2. The summed E-state index contributed by atoms with van der Waals surface area (Å²) < 4.78 is 36.9. The van der Waals surface area contributed by atoms with Gasteiger partial charge in [0.15, 0.2) is 0 Å². The first-order chi connectivity index (χ1) is 16.3. The predicted octanol–water partition coefficient (Wildman–Crippen LogP) is 2.47. The van der Waals surface area contributed by atoms with E-state index in [0.717, 1.165) is 4.31 Å². The number of carbonyl (C=O) groups excluding carboxylic acids is 2. The molecule has 0 atom stereocenters. The van der Waals surface area contributed by atoms with Gasteiger partial charge in [-0.1, -0.05) is 36.4 Å². The lowest BCUT2D eigenvalue weighted by atomic mass is 10.2. The van der Waals surface area contributed by atoms with Crippen molar-refractivity contribution in [3.05, 3.63) is 90.0 Å². The van der Waals surface area contributed by atoms with Crippen LogP contribution in [0.3, 0.4) is 0 Å². The summed E-state index contributed by atoms with van der Waals surface area (Å²) >= 11 is 0. The van der Waals surface area contributed by atoms with Gasteiger partial charge in [-0.2, -0.15) is 0 Å². The lowest BCUT2D eigenvalue weighted by molar-refractivity contribution is 0.0843. The molecule has 9 nitrogen and oxygen atoms in total. The Kier molecular flexibility index (Phi) is 8.23. The molecule has 0 aliphatic carbocycles. The molecule has 0 aromatic heterocycles. The maximum atomic E-state index is 12.6. The fraction of sp³-hybridized carbons (Fsp3) is 0.167. The zero-order valence-electron chi connectivity index (χ0n) is 18.7. The Bertz CT molecular complexity index is 1250. The van der Waals surface area contributed by atoms with Crippen LogP contribution in [0.25, 0.3) is 0 Å². The highest BCUT2D eigenvalue weighted by Crippen LogP contribution is 2.18. The molecule has 0 aliphatic rings. The molecule has 3 aromatic rings. The van der Waals surface area contributed by atoms with Crippen molar-refractivity contribution in [3.63, 3.8) is 0 Å². The zero-order valence-corrected chi connectivity index (χ0v) is 19.5. The van der Waals surface area contributed by atoms with Crippen LogP contribution < -0.4 is 20.3 Å². The van der Waals surface area contributed by atoms with Crippen LogP contribution in [-0.2, 0) is 10.0 Å². The van der Waals surface area contributed by atoms with Crippen molar-refractivity contribution >= 4 is 21.8 Å². The molecule has 178 valence electrons. The summed E-state index contributed by atoms with van der Waals surface area (Å²) in [5.74, 6) is -0.226. The first kappa shape index (κ1) is 24.7. The molecule has 0 aliphatic heterocycles. The number of nitrogens with one attached hydrogen (secondary N) is 2. The van der Waals surface area contributed by atoms with Gasteiger partial charge in [0.05, 0.1) is 10.5 Å². The Hall–Kier alpha value is -3.89. The monoisotopic (exact) mass is 483 g/mol. The molecule has 0 spiro atoms. The first-order valence-electron chi connectivity index (χ1n) is 10.3. The van der Waals surface area contributed by atoms with Gasteiger partial charge in [-0.05, 0) is 42.5 Å². The fourth-order valence-electron chi connectivity index (χ4n) is 2.87. The number of hydrogen-bond donors (Lipinski definition) is 2. The van der Waals surface area contributed by atoms with E-state index in [1.807, 2.05) is 30.3 Å². The van der Waals surface area contributed by atoms with E-state index in [4.69, 9.17) is 9.47 Å². The topological polar surface area (TPSA) is 114 Å². The molecule has 0 saturated carbocycles. The van der Waals surface area contributed by atoms with Crippen LogP contribution in [-0.4, -0.2) is 51.8 Å². The normalized spacial score (nSPS) is 11.0. The lowest BCUT2D eigenvalue weighted by Crippen LogP contribution is -2.41. The summed E-state index contributed by atoms with van der Waals surface area (Å²) in [5, 5.41) is 0. The summed E-state index contributed by atoms with van der Waals surface area (Å²) in [5.41, 5.74) is 4.91. The molecule has 10 heteroatoms. The van der Waals surface area contributed by atoms with E-state index >= 15 is 0 Å². The number of nitrogens with zero attached hydrogens (tertiary/aromatic N) is 1. The quantitative estimate of drug-likeness (QED) is 0.357. The number of hydrogen-bond acceptors (Lipinski definition) is 6. The molecular formula is C24H25N3O6S. The average Bonchev–Trinajstić information content (AvgIpc) is 2.85. The van der Waals surface area contributed by atoms with Gasteiger partial charge in [0, 0.05) is 19.7 Å². The zero-order chi connectivity index (χ0) is 24.6. The Morgan fingerprint density at radius 1 is 0.794 bits per heavy atom. The molecule has 3 aromatic carbocycles. The van der Waals surface area contributed by atoms with Gasteiger partial charge < -0.3 is 9.47 Å². The molecule has 2 amide bonds. The van der Waals surface area contributed by atoms with E-state index in [-0.39, 0.29) is 29.2 Å². The number of carbonyl (C=O) groups is 2.